The lowest BCUT2D eigenvalue weighted by atomic mass is 10.1. The second kappa shape index (κ2) is 5.28. The molecule has 14 heavy (non-hydrogen) atoms. The van der Waals surface area contributed by atoms with Gasteiger partial charge in [-0.05, 0) is 26.0 Å². The number of hydrogen-bond donors (Lipinski definition) is 0. The Morgan fingerprint density at radius 2 is 2.14 bits per heavy atom. The average molecular weight is 230 g/mol. The number of benzene rings is 1. The van der Waals surface area contributed by atoms with Gasteiger partial charge in [0.15, 0.2) is 0 Å². The lowest BCUT2D eigenvalue weighted by Crippen LogP contribution is -1.96. The highest BCUT2D eigenvalue weighted by atomic mass is 35.5. The van der Waals surface area contributed by atoms with Gasteiger partial charge in [0.25, 0.3) is 0 Å². The molecular formula is C11H11Cl2O. The van der Waals surface area contributed by atoms with Crippen LogP contribution >= 0.6 is 23.2 Å². The van der Waals surface area contributed by atoms with E-state index in [-0.39, 0.29) is 6.10 Å². The van der Waals surface area contributed by atoms with E-state index in [1.807, 2.05) is 13.0 Å². The lowest BCUT2D eigenvalue weighted by molar-refractivity contribution is 0.187. The van der Waals surface area contributed by atoms with Crippen molar-refractivity contribution in [3.63, 3.8) is 0 Å². The number of hydrogen-bond acceptors (Lipinski definition) is 1. The minimum absolute atomic E-state index is 0.309. The predicted molar refractivity (Wildman–Crippen MR) is 60.5 cm³/mol. The molecule has 0 aliphatic carbocycles. The maximum atomic E-state index is 5.97. The van der Waals surface area contributed by atoms with E-state index < -0.39 is 0 Å². The van der Waals surface area contributed by atoms with Crippen molar-refractivity contribution in [2.24, 2.45) is 0 Å². The summed E-state index contributed by atoms with van der Waals surface area (Å²) in [7, 11) is 0. The molecule has 3 heteroatoms. The van der Waals surface area contributed by atoms with E-state index in [0.717, 1.165) is 5.56 Å². The monoisotopic (exact) mass is 229 g/mol. The summed E-state index contributed by atoms with van der Waals surface area (Å²) in [6.45, 7) is 5.71. The fourth-order valence-electron chi connectivity index (χ4n) is 1.01. The summed E-state index contributed by atoms with van der Waals surface area (Å²) in [5.74, 6) is 0. The molecule has 0 saturated carbocycles. The predicted octanol–water partition coefficient (Wildman–Crippen LogP) is 4.42. The highest BCUT2D eigenvalue weighted by molar-refractivity contribution is 6.35. The molecule has 0 aliphatic heterocycles. The third kappa shape index (κ3) is 2.93. The topological polar surface area (TPSA) is 9.23 Å². The average Bonchev–Trinajstić information content (AvgIpc) is 2.14. The number of ether oxygens (including phenoxy) is 1. The van der Waals surface area contributed by atoms with Gasteiger partial charge in [-0.3, -0.25) is 0 Å². The molecule has 0 bridgehead atoms. The van der Waals surface area contributed by atoms with E-state index in [0.29, 0.717) is 10.0 Å². The van der Waals surface area contributed by atoms with E-state index >= 15 is 0 Å². The summed E-state index contributed by atoms with van der Waals surface area (Å²) in [5.41, 5.74) is 0.828. The van der Waals surface area contributed by atoms with Crippen LogP contribution in [0.25, 0.3) is 0 Å². The SMILES string of the molecule is [CH2]C(OC=CC)c1ccc(Cl)cc1Cl. The molecule has 0 spiro atoms. The highest BCUT2D eigenvalue weighted by Gasteiger charge is 2.09. The molecule has 1 aromatic rings. The Hall–Kier alpha value is -0.660. The molecule has 1 radical (unpaired) electrons. The van der Waals surface area contributed by atoms with Gasteiger partial charge in [-0.15, -0.1) is 0 Å². The first-order chi connectivity index (χ1) is 6.65. The van der Waals surface area contributed by atoms with Crippen LogP contribution in [-0.2, 0) is 4.74 Å². The molecule has 1 nitrogen and oxygen atoms in total. The molecule has 0 fully saturated rings. The quantitative estimate of drug-likeness (QED) is 0.698. The van der Waals surface area contributed by atoms with Gasteiger partial charge in [0.05, 0.1) is 6.26 Å². The van der Waals surface area contributed by atoms with Crippen LogP contribution in [0.2, 0.25) is 10.0 Å². The van der Waals surface area contributed by atoms with Crippen LogP contribution in [0, 0.1) is 6.92 Å². The molecule has 0 N–H and O–H groups in total. The molecular weight excluding hydrogens is 219 g/mol. The van der Waals surface area contributed by atoms with Crippen LogP contribution in [0.3, 0.4) is 0 Å². The van der Waals surface area contributed by atoms with Crippen LogP contribution in [0.15, 0.2) is 30.5 Å². The summed E-state index contributed by atoms with van der Waals surface area (Å²) >= 11 is 11.7. The van der Waals surface area contributed by atoms with Gasteiger partial charge in [0.1, 0.15) is 6.10 Å². The summed E-state index contributed by atoms with van der Waals surface area (Å²) in [4.78, 5) is 0. The lowest BCUT2D eigenvalue weighted by Gasteiger charge is -2.13. The van der Waals surface area contributed by atoms with Crippen molar-refractivity contribution < 1.29 is 4.74 Å². The van der Waals surface area contributed by atoms with Crippen LogP contribution in [0.1, 0.15) is 18.6 Å². The molecule has 1 aromatic carbocycles. The van der Waals surface area contributed by atoms with Gasteiger partial charge >= 0.3 is 0 Å². The van der Waals surface area contributed by atoms with Gasteiger partial charge in [-0.25, -0.2) is 0 Å². The van der Waals surface area contributed by atoms with E-state index in [9.17, 15) is 0 Å². The van der Waals surface area contributed by atoms with Gasteiger partial charge < -0.3 is 4.74 Å². The molecule has 0 aromatic heterocycles. The summed E-state index contributed by atoms with van der Waals surface area (Å²) in [5, 5.41) is 1.18. The van der Waals surface area contributed by atoms with E-state index in [2.05, 4.69) is 6.92 Å². The Morgan fingerprint density at radius 1 is 1.43 bits per heavy atom. The van der Waals surface area contributed by atoms with Gasteiger partial charge in [0, 0.05) is 15.6 Å². The first kappa shape index (κ1) is 11.4. The molecule has 1 unspecified atom stereocenters. The zero-order chi connectivity index (χ0) is 10.6. The summed E-state index contributed by atoms with van der Waals surface area (Å²) in [6.07, 6.45) is 3.07. The van der Waals surface area contributed by atoms with E-state index in [1.54, 1.807) is 24.5 Å². The number of halogens is 2. The van der Waals surface area contributed by atoms with Crippen LogP contribution in [0.4, 0.5) is 0 Å². The van der Waals surface area contributed by atoms with E-state index in [1.165, 1.54) is 0 Å². The zero-order valence-electron chi connectivity index (χ0n) is 7.84. The summed E-state index contributed by atoms with van der Waals surface area (Å²) in [6, 6.07) is 5.25. The maximum Gasteiger partial charge on any atom is 0.124 e. The third-order valence-corrected chi connectivity index (χ3v) is 2.25. The van der Waals surface area contributed by atoms with Crippen molar-refractivity contribution in [3.8, 4) is 0 Å². The fourth-order valence-corrected chi connectivity index (χ4v) is 1.54. The number of rotatable bonds is 3. The molecule has 0 heterocycles. The van der Waals surface area contributed by atoms with Crippen molar-refractivity contribution in [1.29, 1.82) is 0 Å². The molecule has 0 saturated heterocycles. The Balaban J connectivity index is 2.84. The van der Waals surface area contributed by atoms with Crippen molar-refractivity contribution in [3.05, 3.63) is 53.1 Å². The van der Waals surface area contributed by atoms with Crippen molar-refractivity contribution in [2.75, 3.05) is 0 Å². The first-order valence-electron chi connectivity index (χ1n) is 4.20. The zero-order valence-corrected chi connectivity index (χ0v) is 9.35. The Morgan fingerprint density at radius 3 is 2.71 bits per heavy atom. The minimum atomic E-state index is -0.309. The first-order valence-corrected chi connectivity index (χ1v) is 4.95. The molecule has 75 valence electrons. The normalized spacial score (nSPS) is 13.1. The van der Waals surface area contributed by atoms with Crippen LogP contribution < -0.4 is 0 Å². The van der Waals surface area contributed by atoms with Gasteiger partial charge in [-0.2, -0.15) is 0 Å². The Labute approximate surface area is 94.3 Å². The molecule has 0 amide bonds. The van der Waals surface area contributed by atoms with Gasteiger partial charge in [-0.1, -0.05) is 35.3 Å². The third-order valence-electron chi connectivity index (χ3n) is 1.69. The smallest absolute Gasteiger partial charge is 0.124 e. The largest absolute Gasteiger partial charge is 0.494 e. The van der Waals surface area contributed by atoms with Crippen molar-refractivity contribution in [2.45, 2.75) is 13.0 Å². The van der Waals surface area contributed by atoms with Crippen molar-refractivity contribution in [1.82, 2.24) is 0 Å². The minimum Gasteiger partial charge on any atom is -0.494 e. The van der Waals surface area contributed by atoms with E-state index in [4.69, 9.17) is 27.9 Å². The Kier molecular flexibility index (Phi) is 4.30. The molecule has 1 atom stereocenters. The number of allylic oxidation sites excluding steroid dienone is 1. The maximum absolute atomic E-state index is 5.97. The van der Waals surface area contributed by atoms with Gasteiger partial charge in [0.2, 0.25) is 0 Å². The second-order valence-corrected chi connectivity index (χ2v) is 3.60. The molecule has 0 aliphatic rings. The highest BCUT2D eigenvalue weighted by Crippen LogP contribution is 2.27. The summed E-state index contributed by atoms with van der Waals surface area (Å²) < 4.78 is 5.28. The fraction of sp³-hybridized carbons (Fsp3) is 0.182. The molecule has 1 rings (SSSR count). The second-order valence-electron chi connectivity index (χ2n) is 2.76. The van der Waals surface area contributed by atoms with Crippen LogP contribution in [0.5, 0.6) is 0 Å². The Bertz CT molecular complexity index is 334. The van der Waals surface area contributed by atoms with Crippen LogP contribution in [-0.4, -0.2) is 0 Å². The van der Waals surface area contributed by atoms with Crippen molar-refractivity contribution >= 4 is 23.2 Å². The standard InChI is InChI=1S/C11H11Cl2O/c1-3-6-14-8(2)10-5-4-9(12)7-11(10)13/h3-8H,2H2,1H3.